The van der Waals surface area contributed by atoms with E-state index >= 15 is 0 Å². The van der Waals surface area contributed by atoms with Gasteiger partial charge in [-0.3, -0.25) is 9.59 Å². The quantitative estimate of drug-likeness (QED) is 0.737. The number of carbonyl (C=O) groups is 1. The minimum absolute atomic E-state index is 0.139. The zero-order valence-electron chi connectivity index (χ0n) is 10.3. The molecule has 0 amide bonds. The first-order valence-corrected chi connectivity index (χ1v) is 6.39. The lowest BCUT2D eigenvalue weighted by Gasteiger charge is -2.14. The van der Waals surface area contributed by atoms with E-state index < -0.39 is 5.97 Å². The number of carboxylic acids is 1. The number of pyridine rings is 1. The molecule has 1 aromatic heterocycles. The van der Waals surface area contributed by atoms with Crippen LogP contribution in [0.15, 0.2) is 47.3 Å². The number of aromatic nitrogens is 1. The Labute approximate surface area is 118 Å². The number of nitrogens with zero attached hydrogens (tertiary/aromatic N) is 1. The highest BCUT2D eigenvalue weighted by molar-refractivity contribution is 6.35. The molecule has 0 saturated carbocycles. The second-order valence-corrected chi connectivity index (χ2v) is 4.87. The van der Waals surface area contributed by atoms with Gasteiger partial charge in [0.25, 0.3) is 0 Å². The molecule has 0 bridgehead atoms. The van der Waals surface area contributed by atoms with Crippen LogP contribution in [-0.2, 0) is 11.3 Å². The summed E-state index contributed by atoms with van der Waals surface area (Å²) < 4.78 is 1.57. The van der Waals surface area contributed by atoms with E-state index in [1.807, 2.05) is 0 Å². The number of fused-ring (bicyclic) bond motifs is 2. The molecule has 0 aliphatic carbocycles. The number of hydrogen-bond acceptors (Lipinski definition) is 2. The number of carboxylic acid groups (broad SMARTS) is 1. The summed E-state index contributed by atoms with van der Waals surface area (Å²) in [5.41, 5.74) is 0.889. The van der Waals surface area contributed by atoms with Gasteiger partial charge in [-0.1, -0.05) is 29.8 Å². The van der Waals surface area contributed by atoms with E-state index in [9.17, 15) is 9.59 Å². The summed E-state index contributed by atoms with van der Waals surface area (Å²) in [4.78, 5) is 23.6. The van der Waals surface area contributed by atoms with E-state index in [1.54, 1.807) is 47.0 Å². The van der Waals surface area contributed by atoms with Gasteiger partial charge in [0.2, 0.25) is 0 Å². The van der Waals surface area contributed by atoms with Crippen molar-refractivity contribution in [3.05, 3.63) is 57.7 Å². The highest BCUT2D eigenvalue weighted by Crippen LogP contribution is 2.25. The molecule has 0 aliphatic heterocycles. The Balaban J connectivity index is 2.61. The molecule has 0 radical (unpaired) electrons. The lowest BCUT2D eigenvalue weighted by Crippen LogP contribution is -2.16. The Hall–Kier alpha value is -2.33. The van der Waals surface area contributed by atoms with Gasteiger partial charge < -0.3 is 9.67 Å². The monoisotopic (exact) mass is 287 g/mol. The molecule has 4 nitrogen and oxygen atoms in total. The van der Waals surface area contributed by atoms with Crippen LogP contribution in [0.5, 0.6) is 0 Å². The third-order valence-electron chi connectivity index (χ3n) is 3.23. The van der Waals surface area contributed by atoms with Crippen molar-refractivity contribution in [2.75, 3.05) is 0 Å². The summed E-state index contributed by atoms with van der Waals surface area (Å²) in [6.45, 7) is -0.249. The molecule has 0 atom stereocenters. The van der Waals surface area contributed by atoms with Gasteiger partial charge in [-0.2, -0.15) is 0 Å². The molecule has 20 heavy (non-hydrogen) atoms. The van der Waals surface area contributed by atoms with Crippen molar-refractivity contribution < 1.29 is 9.90 Å². The van der Waals surface area contributed by atoms with Crippen molar-refractivity contribution in [2.45, 2.75) is 6.54 Å². The van der Waals surface area contributed by atoms with Crippen molar-refractivity contribution in [3.63, 3.8) is 0 Å². The molecule has 2 aromatic carbocycles. The maximum absolute atomic E-state index is 12.5. The molecular weight excluding hydrogens is 278 g/mol. The van der Waals surface area contributed by atoms with E-state index in [0.29, 0.717) is 26.8 Å². The molecule has 1 N–H and O–H groups in total. The van der Waals surface area contributed by atoms with Crippen LogP contribution in [0.1, 0.15) is 0 Å². The third kappa shape index (κ3) is 1.85. The molecule has 3 aromatic rings. The average Bonchev–Trinajstić information content (AvgIpc) is 2.43. The highest BCUT2D eigenvalue weighted by atomic mass is 35.5. The maximum Gasteiger partial charge on any atom is 0.323 e. The molecule has 0 spiro atoms. The number of hydrogen-bond donors (Lipinski definition) is 1. The fourth-order valence-corrected chi connectivity index (χ4v) is 2.72. The summed E-state index contributed by atoms with van der Waals surface area (Å²) in [6.07, 6.45) is 0. The normalized spacial score (nSPS) is 11.1. The fourth-order valence-electron chi connectivity index (χ4n) is 2.44. The van der Waals surface area contributed by atoms with E-state index in [-0.39, 0.29) is 12.0 Å². The zero-order chi connectivity index (χ0) is 14.3. The maximum atomic E-state index is 12.5. The van der Waals surface area contributed by atoms with Crippen LogP contribution in [0, 0.1) is 0 Å². The fraction of sp³-hybridized carbons (Fsp3) is 0.0667. The second-order valence-electron chi connectivity index (χ2n) is 4.46. The van der Waals surface area contributed by atoms with Gasteiger partial charge in [0, 0.05) is 10.8 Å². The Kier molecular flexibility index (Phi) is 2.95. The first-order chi connectivity index (χ1) is 9.59. The SMILES string of the molecule is O=C(O)Cn1c2ccccc2c(=O)c2cccc(Cl)c21. The minimum Gasteiger partial charge on any atom is -0.480 e. The van der Waals surface area contributed by atoms with Gasteiger partial charge in [-0.05, 0) is 24.3 Å². The van der Waals surface area contributed by atoms with Gasteiger partial charge in [0.05, 0.1) is 16.1 Å². The van der Waals surface area contributed by atoms with Crippen molar-refractivity contribution in [3.8, 4) is 0 Å². The van der Waals surface area contributed by atoms with E-state index in [1.165, 1.54) is 0 Å². The number of halogens is 1. The van der Waals surface area contributed by atoms with Crippen LogP contribution in [-0.4, -0.2) is 15.6 Å². The highest BCUT2D eigenvalue weighted by Gasteiger charge is 2.14. The summed E-state index contributed by atoms with van der Waals surface area (Å²) in [6, 6.07) is 11.9. The topological polar surface area (TPSA) is 59.3 Å². The largest absolute Gasteiger partial charge is 0.480 e. The average molecular weight is 288 g/mol. The van der Waals surface area contributed by atoms with Crippen LogP contribution in [0.4, 0.5) is 0 Å². The summed E-state index contributed by atoms with van der Waals surface area (Å²) in [5, 5.41) is 10.4. The Morgan fingerprint density at radius 1 is 1.10 bits per heavy atom. The lowest BCUT2D eigenvalue weighted by molar-refractivity contribution is -0.137. The Morgan fingerprint density at radius 2 is 1.80 bits per heavy atom. The van der Waals surface area contributed by atoms with E-state index in [4.69, 9.17) is 16.7 Å². The number of rotatable bonds is 2. The molecule has 3 rings (SSSR count). The molecular formula is C15H10ClNO3. The molecule has 5 heteroatoms. The van der Waals surface area contributed by atoms with Gasteiger partial charge in [0.1, 0.15) is 6.54 Å². The third-order valence-corrected chi connectivity index (χ3v) is 3.54. The molecule has 0 unspecified atom stereocenters. The number of benzene rings is 2. The van der Waals surface area contributed by atoms with Crippen molar-refractivity contribution >= 4 is 39.4 Å². The Bertz CT molecular complexity index is 899. The number of aliphatic carboxylic acids is 1. The molecule has 0 aliphatic rings. The smallest absolute Gasteiger partial charge is 0.323 e. The number of para-hydroxylation sites is 2. The van der Waals surface area contributed by atoms with E-state index in [0.717, 1.165) is 0 Å². The first-order valence-electron chi connectivity index (χ1n) is 6.01. The predicted molar refractivity (Wildman–Crippen MR) is 78.4 cm³/mol. The second kappa shape index (κ2) is 4.65. The van der Waals surface area contributed by atoms with Gasteiger partial charge >= 0.3 is 5.97 Å². The summed E-state index contributed by atoms with van der Waals surface area (Å²) in [7, 11) is 0. The Morgan fingerprint density at radius 3 is 2.55 bits per heavy atom. The van der Waals surface area contributed by atoms with Crippen LogP contribution >= 0.6 is 11.6 Å². The van der Waals surface area contributed by atoms with Crippen LogP contribution in [0.2, 0.25) is 5.02 Å². The van der Waals surface area contributed by atoms with Crippen molar-refractivity contribution in [2.24, 2.45) is 0 Å². The summed E-state index contributed by atoms with van der Waals surface area (Å²) >= 11 is 6.17. The standard InChI is InChI=1S/C15H10ClNO3/c16-11-6-3-5-10-14(11)17(8-13(18)19)12-7-2-1-4-9(12)15(10)20/h1-7H,8H2,(H,18,19). The first kappa shape index (κ1) is 12.7. The molecule has 0 fully saturated rings. The van der Waals surface area contributed by atoms with Crippen molar-refractivity contribution in [1.82, 2.24) is 4.57 Å². The van der Waals surface area contributed by atoms with Crippen LogP contribution in [0.3, 0.4) is 0 Å². The molecule has 100 valence electrons. The lowest BCUT2D eigenvalue weighted by atomic mass is 10.1. The zero-order valence-corrected chi connectivity index (χ0v) is 11.1. The molecule has 1 heterocycles. The van der Waals surface area contributed by atoms with Gasteiger partial charge in [0.15, 0.2) is 5.43 Å². The van der Waals surface area contributed by atoms with Crippen molar-refractivity contribution in [1.29, 1.82) is 0 Å². The van der Waals surface area contributed by atoms with Gasteiger partial charge in [-0.25, -0.2) is 0 Å². The van der Waals surface area contributed by atoms with Crippen LogP contribution in [0.25, 0.3) is 21.8 Å². The van der Waals surface area contributed by atoms with Crippen LogP contribution < -0.4 is 5.43 Å². The van der Waals surface area contributed by atoms with Gasteiger partial charge in [-0.15, -0.1) is 0 Å². The van der Waals surface area contributed by atoms with E-state index in [2.05, 4.69) is 0 Å². The predicted octanol–water partition coefficient (Wildman–Crippen LogP) is 2.89. The minimum atomic E-state index is -0.986. The molecule has 0 saturated heterocycles. The summed E-state index contributed by atoms with van der Waals surface area (Å²) in [5.74, 6) is -0.986.